The van der Waals surface area contributed by atoms with Crippen molar-refractivity contribution in [3.63, 3.8) is 0 Å². The number of amides is 3. The van der Waals surface area contributed by atoms with Gasteiger partial charge >= 0.3 is 0 Å². The first kappa shape index (κ1) is 29.8. The normalized spacial score (nSPS) is 22.8. The van der Waals surface area contributed by atoms with Gasteiger partial charge in [0.2, 0.25) is 11.8 Å². The first-order chi connectivity index (χ1) is 22.3. The molecule has 1 spiro atoms. The van der Waals surface area contributed by atoms with E-state index < -0.39 is 17.4 Å². The number of hydrogen-bond donors (Lipinski definition) is 3. The molecule has 3 aliphatic rings. The van der Waals surface area contributed by atoms with E-state index in [2.05, 4.69) is 30.8 Å². The number of carbonyl (C=O) groups excluding carboxylic acids is 3. The van der Waals surface area contributed by atoms with Crippen molar-refractivity contribution < 1.29 is 23.9 Å². The largest absolute Gasteiger partial charge is 0.377 e. The van der Waals surface area contributed by atoms with Crippen molar-refractivity contribution in [2.75, 3.05) is 45.3 Å². The molecule has 5 heterocycles. The smallest absolute Gasteiger partial charge is 0.253 e. The zero-order valence-electron chi connectivity index (χ0n) is 25.8. The number of fused-ring (bicyclic) bond motifs is 3. The van der Waals surface area contributed by atoms with Crippen LogP contribution in [0.2, 0.25) is 0 Å². The van der Waals surface area contributed by atoms with E-state index in [9.17, 15) is 14.4 Å². The van der Waals surface area contributed by atoms with Gasteiger partial charge in [-0.05, 0) is 53.8 Å². The van der Waals surface area contributed by atoms with E-state index >= 15 is 0 Å². The van der Waals surface area contributed by atoms with Gasteiger partial charge in [-0.25, -0.2) is 4.98 Å². The summed E-state index contributed by atoms with van der Waals surface area (Å²) in [7, 11) is 1.70. The standard InChI is InChI=1S/C34H35N7O5/c1-20-10-22(11-24-19-37-40-29(20)24)13-27-32(43)41(2)5-7-46-9-8-45-6-3-4-21-12-26-30(36-17-21)39-33(44)34(26)15-23-14-25(31(42)38-27)18-35-28(23)16-34/h3-4,10-12,14,17-19,27H,5-9,13,15-16H2,1-2H3,(H,37,40)(H,38,42)(H,36,39,44)/b4-3-/t27-,34+/m1/s1. The van der Waals surface area contributed by atoms with Gasteiger partial charge < -0.3 is 25.0 Å². The lowest BCUT2D eigenvalue weighted by Crippen LogP contribution is -2.49. The minimum atomic E-state index is -0.855. The number of rotatable bonds is 2. The zero-order chi connectivity index (χ0) is 31.8. The Morgan fingerprint density at radius 3 is 2.76 bits per heavy atom. The van der Waals surface area contributed by atoms with Crippen LogP contribution < -0.4 is 10.6 Å². The summed E-state index contributed by atoms with van der Waals surface area (Å²) < 4.78 is 11.4. The van der Waals surface area contributed by atoms with E-state index in [0.29, 0.717) is 57.2 Å². The Morgan fingerprint density at radius 2 is 1.87 bits per heavy atom. The number of carbonyl (C=O) groups is 3. The van der Waals surface area contributed by atoms with Crippen LogP contribution in [0, 0.1) is 6.92 Å². The molecule has 2 atom stereocenters. The molecule has 0 unspecified atom stereocenters. The first-order valence-corrected chi connectivity index (χ1v) is 15.4. The molecule has 1 aromatic carbocycles. The van der Waals surface area contributed by atoms with Crippen LogP contribution in [0.5, 0.6) is 0 Å². The number of likely N-dealkylation sites (N-methyl/N-ethyl adjacent to an activating group) is 1. The highest BCUT2D eigenvalue weighted by Crippen LogP contribution is 2.46. The number of hydrogen-bond acceptors (Lipinski definition) is 8. The lowest BCUT2D eigenvalue weighted by Gasteiger charge is -2.25. The minimum Gasteiger partial charge on any atom is -0.377 e. The molecule has 4 aromatic rings. The third kappa shape index (κ3) is 5.54. The molecule has 0 radical (unpaired) electrons. The van der Waals surface area contributed by atoms with Gasteiger partial charge in [0.25, 0.3) is 5.91 Å². The predicted octanol–water partition coefficient (Wildman–Crippen LogP) is 2.51. The number of aromatic nitrogens is 4. The van der Waals surface area contributed by atoms with Crippen LogP contribution >= 0.6 is 0 Å². The predicted molar refractivity (Wildman–Crippen MR) is 170 cm³/mol. The summed E-state index contributed by atoms with van der Waals surface area (Å²) in [4.78, 5) is 51.7. The number of ether oxygens (including phenoxy) is 2. The van der Waals surface area contributed by atoms with Crippen molar-refractivity contribution in [1.82, 2.24) is 30.4 Å². The number of benzene rings is 1. The van der Waals surface area contributed by atoms with E-state index in [1.165, 1.54) is 6.20 Å². The molecule has 0 saturated carbocycles. The summed E-state index contributed by atoms with van der Waals surface area (Å²) in [5.74, 6) is -0.229. The molecule has 1 aliphatic carbocycles. The fraction of sp³-hybridized carbons (Fsp3) is 0.353. The summed E-state index contributed by atoms with van der Waals surface area (Å²) in [6, 6.07) is 6.92. The monoisotopic (exact) mass is 621 g/mol. The molecule has 46 heavy (non-hydrogen) atoms. The Balaban J connectivity index is 1.20. The summed E-state index contributed by atoms with van der Waals surface area (Å²) in [5, 5.41) is 14.0. The van der Waals surface area contributed by atoms with E-state index in [0.717, 1.165) is 44.4 Å². The maximum atomic E-state index is 13.8. The zero-order valence-corrected chi connectivity index (χ0v) is 25.8. The quantitative estimate of drug-likeness (QED) is 0.309. The molecular weight excluding hydrogens is 586 g/mol. The molecule has 5 bridgehead atoms. The minimum absolute atomic E-state index is 0.128. The molecule has 3 aromatic heterocycles. The van der Waals surface area contributed by atoms with Crippen LogP contribution in [-0.2, 0) is 43.7 Å². The Morgan fingerprint density at radius 1 is 1.00 bits per heavy atom. The number of nitrogens with one attached hydrogen (secondary N) is 3. The van der Waals surface area contributed by atoms with E-state index in [4.69, 9.17) is 9.47 Å². The van der Waals surface area contributed by atoms with Crippen LogP contribution in [0.15, 0.2) is 48.9 Å². The van der Waals surface area contributed by atoms with Gasteiger partial charge in [0.1, 0.15) is 11.9 Å². The highest BCUT2D eigenvalue weighted by atomic mass is 16.5. The van der Waals surface area contributed by atoms with Gasteiger partial charge in [0.05, 0.1) is 49.1 Å². The van der Waals surface area contributed by atoms with Crippen LogP contribution in [0.1, 0.15) is 43.9 Å². The molecule has 0 saturated heterocycles. The molecule has 3 N–H and O–H groups in total. The number of anilines is 1. The maximum Gasteiger partial charge on any atom is 0.253 e. The fourth-order valence-corrected chi connectivity index (χ4v) is 6.63. The molecular formula is C34H35N7O5. The topological polar surface area (TPSA) is 151 Å². The van der Waals surface area contributed by atoms with Crippen molar-refractivity contribution >= 4 is 40.5 Å². The van der Waals surface area contributed by atoms with Gasteiger partial charge in [-0.2, -0.15) is 5.10 Å². The Hall–Kier alpha value is -4.94. The van der Waals surface area contributed by atoms with Crippen LogP contribution in [0.25, 0.3) is 17.0 Å². The fourth-order valence-electron chi connectivity index (χ4n) is 6.63. The summed E-state index contributed by atoms with van der Waals surface area (Å²) in [6.45, 7) is 3.82. The lowest BCUT2D eigenvalue weighted by molar-refractivity contribution is -0.132. The average Bonchev–Trinajstić information content (AvgIpc) is 3.75. The number of aromatic amines is 1. The van der Waals surface area contributed by atoms with E-state index in [-0.39, 0.29) is 18.2 Å². The number of H-pyrrole nitrogens is 1. The molecule has 2 aliphatic heterocycles. The molecule has 7 rings (SSSR count). The molecule has 12 nitrogen and oxygen atoms in total. The van der Waals surface area contributed by atoms with Crippen molar-refractivity contribution in [2.24, 2.45) is 0 Å². The second-order valence-corrected chi connectivity index (χ2v) is 12.2. The number of aryl methyl sites for hydroxylation is 1. The maximum absolute atomic E-state index is 13.8. The van der Waals surface area contributed by atoms with Crippen LogP contribution in [-0.4, -0.2) is 88.8 Å². The number of nitrogens with zero attached hydrogens (tertiary/aromatic N) is 4. The van der Waals surface area contributed by atoms with Crippen molar-refractivity contribution in [3.05, 3.63) is 88.0 Å². The summed E-state index contributed by atoms with van der Waals surface area (Å²) in [6.07, 6.45) is 9.90. The van der Waals surface area contributed by atoms with Gasteiger partial charge in [-0.1, -0.05) is 18.2 Å². The highest BCUT2D eigenvalue weighted by molar-refractivity contribution is 6.06. The lowest BCUT2D eigenvalue weighted by atomic mass is 9.79. The van der Waals surface area contributed by atoms with E-state index in [1.807, 2.05) is 37.3 Å². The van der Waals surface area contributed by atoms with Gasteiger partial charge in [0, 0.05) is 55.5 Å². The Bertz CT molecular complexity index is 1880. The van der Waals surface area contributed by atoms with Gasteiger partial charge in [-0.3, -0.25) is 24.5 Å². The van der Waals surface area contributed by atoms with Crippen molar-refractivity contribution in [3.8, 4) is 0 Å². The summed E-state index contributed by atoms with van der Waals surface area (Å²) >= 11 is 0. The number of pyridine rings is 2. The second-order valence-electron chi connectivity index (χ2n) is 12.2. The average molecular weight is 622 g/mol. The van der Waals surface area contributed by atoms with Crippen molar-refractivity contribution in [1.29, 1.82) is 0 Å². The molecule has 236 valence electrons. The summed E-state index contributed by atoms with van der Waals surface area (Å²) in [5.41, 5.74) is 5.58. The highest BCUT2D eigenvalue weighted by Gasteiger charge is 2.52. The van der Waals surface area contributed by atoms with Crippen LogP contribution in [0.3, 0.4) is 0 Å². The SMILES string of the molecule is Cc1cc(C[C@H]2NC(=O)c3cnc4c(c3)C[C@@]3(C4)C(=O)Nc4ncc(cc43)/C=C\COCCOCCN(C)C2=O)cc2cn[nH]c12. The second kappa shape index (κ2) is 12.1. The van der Waals surface area contributed by atoms with E-state index in [1.54, 1.807) is 30.4 Å². The first-order valence-electron chi connectivity index (χ1n) is 15.4. The Kier molecular flexibility index (Phi) is 7.83. The van der Waals surface area contributed by atoms with Gasteiger partial charge in [-0.15, -0.1) is 0 Å². The molecule has 3 amide bonds. The third-order valence-corrected chi connectivity index (χ3v) is 9.07. The molecule has 0 fully saturated rings. The third-order valence-electron chi connectivity index (χ3n) is 9.07. The van der Waals surface area contributed by atoms with Crippen LogP contribution in [0.4, 0.5) is 5.82 Å². The van der Waals surface area contributed by atoms with Crippen molar-refractivity contribution in [2.45, 2.75) is 37.6 Å². The van der Waals surface area contributed by atoms with Gasteiger partial charge in [0.15, 0.2) is 0 Å². The Labute approximate surface area is 265 Å². The molecule has 12 heteroatoms.